The summed E-state index contributed by atoms with van der Waals surface area (Å²) in [5.41, 5.74) is 0.500. The highest BCUT2D eigenvalue weighted by atomic mass is 32.2. The number of rotatable bonds is 8. The second kappa shape index (κ2) is 11.5. The minimum Gasteiger partial charge on any atom is -0.444 e. The highest BCUT2D eigenvalue weighted by Gasteiger charge is 2.26. The Balaban J connectivity index is 1.25. The molecule has 2 amide bonds. The number of likely N-dealkylation sites (tertiary alicyclic amines) is 1. The summed E-state index contributed by atoms with van der Waals surface area (Å²) in [6.07, 6.45) is 5.88. The Morgan fingerprint density at radius 3 is 2.70 bits per heavy atom. The molecular weight excluding hydrogens is 494 g/mol. The van der Waals surface area contributed by atoms with Gasteiger partial charge < -0.3 is 29.1 Å². The Bertz CT molecular complexity index is 1230. The molecule has 10 nitrogen and oxygen atoms in total. The number of hydrogen-bond acceptors (Lipinski definition) is 9. The Kier molecular flexibility index (Phi) is 8.22. The molecule has 0 unspecified atom stereocenters. The highest BCUT2D eigenvalue weighted by molar-refractivity contribution is 7.98. The molecule has 4 rings (SSSR count). The van der Waals surface area contributed by atoms with Gasteiger partial charge in [0.2, 0.25) is 11.8 Å². The summed E-state index contributed by atoms with van der Waals surface area (Å²) in [7, 11) is 0. The van der Waals surface area contributed by atoms with E-state index in [1.165, 1.54) is 17.8 Å². The van der Waals surface area contributed by atoms with Crippen molar-refractivity contribution in [3.05, 3.63) is 61.0 Å². The molecule has 1 aliphatic heterocycles. The van der Waals surface area contributed by atoms with Crippen LogP contribution in [-0.2, 0) is 16.0 Å². The first-order valence-electron chi connectivity index (χ1n) is 12.0. The zero-order valence-corrected chi connectivity index (χ0v) is 22.0. The van der Waals surface area contributed by atoms with E-state index >= 15 is 0 Å². The number of carbonyl (C=O) groups excluding carboxylic acids is 2. The molecule has 1 atom stereocenters. The van der Waals surface area contributed by atoms with Crippen LogP contribution in [0.5, 0.6) is 5.75 Å². The van der Waals surface area contributed by atoms with E-state index < -0.39 is 6.09 Å². The van der Waals surface area contributed by atoms with Gasteiger partial charge in [0.1, 0.15) is 11.5 Å². The molecule has 1 fully saturated rings. The van der Waals surface area contributed by atoms with Crippen molar-refractivity contribution >= 4 is 35.5 Å². The Morgan fingerprint density at radius 2 is 2.00 bits per heavy atom. The molecule has 0 radical (unpaired) electrons. The van der Waals surface area contributed by atoms with Crippen molar-refractivity contribution in [1.82, 2.24) is 14.9 Å². The Hall–Kier alpha value is -3.73. The number of oxazole rings is 2. The van der Waals surface area contributed by atoms with Crippen LogP contribution in [0.25, 0.3) is 0 Å². The quantitative estimate of drug-likeness (QED) is 0.292. The third-order valence-corrected chi connectivity index (χ3v) is 6.50. The van der Waals surface area contributed by atoms with E-state index in [9.17, 15) is 9.59 Å². The first-order valence-corrected chi connectivity index (χ1v) is 13.0. The molecule has 0 saturated carbocycles. The van der Waals surface area contributed by atoms with Gasteiger partial charge >= 0.3 is 6.09 Å². The number of benzene rings is 1. The van der Waals surface area contributed by atoms with E-state index in [2.05, 4.69) is 48.0 Å². The van der Waals surface area contributed by atoms with Gasteiger partial charge in [-0.1, -0.05) is 39.1 Å². The van der Waals surface area contributed by atoms with Crippen molar-refractivity contribution in [3.8, 4) is 5.75 Å². The summed E-state index contributed by atoms with van der Waals surface area (Å²) < 4.78 is 17.2. The fraction of sp³-hybridized carbons (Fsp3) is 0.385. The van der Waals surface area contributed by atoms with Gasteiger partial charge in [-0.3, -0.25) is 4.79 Å². The smallest absolute Gasteiger partial charge is 0.415 e. The van der Waals surface area contributed by atoms with Crippen LogP contribution in [0.1, 0.15) is 45.3 Å². The van der Waals surface area contributed by atoms with Crippen molar-refractivity contribution in [2.45, 2.75) is 55.9 Å². The molecule has 196 valence electrons. The van der Waals surface area contributed by atoms with Gasteiger partial charge in [-0.05, 0) is 43.2 Å². The number of thioether (sulfide) groups is 1. The predicted molar refractivity (Wildman–Crippen MR) is 141 cm³/mol. The molecule has 1 saturated heterocycles. The number of amides is 2. The summed E-state index contributed by atoms with van der Waals surface area (Å²) >= 11 is 1.45. The largest absolute Gasteiger partial charge is 0.444 e. The standard InChI is InChI=1S/C26H31N5O5S/c1-5-21(32)29-17-8-10-19(11-9-17)34-25(33)31-12-6-7-18(15-31)30-24-28-14-23(36-24)37-16-22-27-13-20(35-22)26(2,3)4/h5,8-11,13-14,18H,1,6-7,12,15-16H2,2-4H3,(H,28,30)(H,29,32)/t18-/m1/s1. The Labute approximate surface area is 219 Å². The fourth-order valence-electron chi connectivity index (χ4n) is 3.65. The molecule has 1 aliphatic rings. The average molecular weight is 526 g/mol. The second-order valence-corrected chi connectivity index (χ2v) is 10.6. The lowest BCUT2D eigenvalue weighted by Crippen LogP contribution is -2.46. The first kappa shape index (κ1) is 26.3. The van der Waals surface area contributed by atoms with Gasteiger partial charge in [0.15, 0.2) is 5.09 Å². The first-order chi connectivity index (χ1) is 17.7. The number of carbonyl (C=O) groups is 2. The van der Waals surface area contributed by atoms with Crippen molar-refractivity contribution in [3.63, 3.8) is 0 Å². The van der Waals surface area contributed by atoms with E-state index in [0.29, 0.717) is 47.3 Å². The topological polar surface area (TPSA) is 123 Å². The van der Waals surface area contributed by atoms with Gasteiger partial charge in [0.25, 0.3) is 6.01 Å². The van der Waals surface area contributed by atoms with Gasteiger partial charge in [-0.25, -0.2) is 14.8 Å². The van der Waals surface area contributed by atoms with Crippen LogP contribution < -0.4 is 15.4 Å². The molecule has 3 heterocycles. The van der Waals surface area contributed by atoms with E-state index in [1.54, 1.807) is 41.6 Å². The molecule has 37 heavy (non-hydrogen) atoms. The van der Waals surface area contributed by atoms with Crippen LogP contribution in [0, 0.1) is 0 Å². The molecule has 0 spiro atoms. The summed E-state index contributed by atoms with van der Waals surface area (Å²) in [5.74, 6) is 2.11. The Morgan fingerprint density at radius 1 is 1.22 bits per heavy atom. The van der Waals surface area contributed by atoms with E-state index in [0.717, 1.165) is 18.6 Å². The molecule has 1 aromatic carbocycles. The average Bonchev–Trinajstić information content (AvgIpc) is 3.53. The molecule has 3 aromatic rings. The summed E-state index contributed by atoms with van der Waals surface area (Å²) in [6.45, 7) is 10.7. The van der Waals surface area contributed by atoms with Crippen LogP contribution in [0.4, 0.5) is 16.5 Å². The van der Waals surface area contributed by atoms with E-state index in [4.69, 9.17) is 13.6 Å². The van der Waals surface area contributed by atoms with Gasteiger partial charge in [0, 0.05) is 30.2 Å². The monoisotopic (exact) mass is 525 g/mol. The number of nitrogens with zero attached hydrogens (tertiary/aromatic N) is 3. The molecule has 0 bridgehead atoms. The maximum atomic E-state index is 12.7. The normalized spacial score (nSPS) is 15.8. The molecule has 0 aliphatic carbocycles. The zero-order valence-electron chi connectivity index (χ0n) is 21.2. The SMILES string of the molecule is C=CC(=O)Nc1ccc(OC(=O)N2CCC[C@@H](Nc3ncc(SCc4ncc(C(C)(C)C)o4)o3)C2)cc1. The third-order valence-electron chi connectivity index (χ3n) is 5.63. The van der Waals surface area contributed by atoms with Gasteiger partial charge in [0.05, 0.1) is 18.1 Å². The van der Waals surface area contributed by atoms with Crippen molar-refractivity contribution in [1.29, 1.82) is 0 Å². The minimum atomic E-state index is -0.432. The van der Waals surface area contributed by atoms with Crippen LogP contribution in [0.2, 0.25) is 0 Å². The lowest BCUT2D eigenvalue weighted by molar-refractivity contribution is -0.111. The lowest BCUT2D eigenvalue weighted by Gasteiger charge is -2.32. The van der Waals surface area contributed by atoms with Gasteiger partial charge in [-0.2, -0.15) is 0 Å². The van der Waals surface area contributed by atoms with Crippen molar-refractivity contribution in [2.24, 2.45) is 0 Å². The van der Waals surface area contributed by atoms with E-state index in [-0.39, 0.29) is 17.4 Å². The fourth-order valence-corrected chi connectivity index (χ4v) is 4.31. The maximum Gasteiger partial charge on any atom is 0.415 e. The van der Waals surface area contributed by atoms with Crippen LogP contribution in [0.3, 0.4) is 0 Å². The minimum absolute atomic E-state index is 0.0182. The number of nitrogens with one attached hydrogen (secondary N) is 2. The van der Waals surface area contributed by atoms with Crippen LogP contribution in [0.15, 0.2) is 63.2 Å². The zero-order chi connectivity index (χ0) is 26.4. The number of aromatic nitrogens is 2. The number of anilines is 2. The molecule has 2 N–H and O–H groups in total. The molecule has 11 heteroatoms. The molecular formula is C26H31N5O5S. The maximum absolute atomic E-state index is 12.7. The summed E-state index contributed by atoms with van der Waals surface area (Å²) in [5, 5.41) is 6.57. The number of hydrogen-bond donors (Lipinski definition) is 2. The van der Waals surface area contributed by atoms with Crippen LogP contribution in [-0.4, -0.2) is 46.0 Å². The van der Waals surface area contributed by atoms with Crippen molar-refractivity contribution < 1.29 is 23.2 Å². The lowest BCUT2D eigenvalue weighted by atomic mass is 9.94. The predicted octanol–water partition coefficient (Wildman–Crippen LogP) is 5.45. The van der Waals surface area contributed by atoms with Gasteiger partial charge in [-0.15, -0.1) is 0 Å². The summed E-state index contributed by atoms with van der Waals surface area (Å²) in [6, 6.07) is 6.97. The van der Waals surface area contributed by atoms with Crippen LogP contribution >= 0.6 is 11.8 Å². The molecule has 2 aromatic heterocycles. The summed E-state index contributed by atoms with van der Waals surface area (Å²) in [4.78, 5) is 34.4. The number of ether oxygens (including phenoxy) is 1. The van der Waals surface area contributed by atoms with Crippen molar-refractivity contribution in [2.75, 3.05) is 23.7 Å². The number of piperidine rings is 1. The third kappa shape index (κ3) is 7.39. The van der Waals surface area contributed by atoms with E-state index in [1.807, 2.05) is 0 Å². The highest BCUT2D eigenvalue weighted by Crippen LogP contribution is 2.28. The second-order valence-electron chi connectivity index (χ2n) is 9.66.